The third kappa shape index (κ3) is 7.59. The van der Waals surface area contributed by atoms with Crippen molar-refractivity contribution in [2.24, 2.45) is 5.92 Å². The maximum absolute atomic E-state index is 13.6. The Morgan fingerprint density at radius 3 is 2.62 bits per heavy atom. The van der Waals surface area contributed by atoms with E-state index in [4.69, 9.17) is 4.74 Å². The van der Waals surface area contributed by atoms with Crippen LogP contribution in [0.4, 0.5) is 0 Å². The number of likely N-dealkylation sites (N-methyl/N-ethyl adjacent to an activating group) is 1. The van der Waals surface area contributed by atoms with Gasteiger partial charge in [-0.3, -0.25) is 9.59 Å². The van der Waals surface area contributed by atoms with E-state index in [2.05, 4.69) is 21.7 Å². The van der Waals surface area contributed by atoms with Gasteiger partial charge < -0.3 is 24.5 Å². The van der Waals surface area contributed by atoms with Crippen LogP contribution in [0.1, 0.15) is 61.0 Å². The van der Waals surface area contributed by atoms with Gasteiger partial charge in [0, 0.05) is 49.8 Å². The number of nitrogens with zero attached hydrogens (tertiary/aromatic N) is 4. The minimum atomic E-state index is -0.380. The highest BCUT2D eigenvalue weighted by Gasteiger charge is 2.34. The van der Waals surface area contributed by atoms with Crippen molar-refractivity contribution in [1.82, 2.24) is 19.7 Å². The van der Waals surface area contributed by atoms with E-state index in [0.29, 0.717) is 30.6 Å². The molecule has 0 radical (unpaired) electrons. The van der Waals surface area contributed by atoms with Crippen molar-refractivity contribution in [2.45, 2.75) is 51.7 Å². The number of ether oxygens (including phenoxy) is 1. The molecule has 39 heavy (non-hydrogen) atoms. The molecule has 1 fully saturated rings. The van der Waals surface area contributed by atoms with Crippen LogP contribution in [0, 0.1) is 17.8 Å². The van der Waals surface area contributed by atoms with Gasteiger partial charge in [0.2, 0.25) is 11.8 Å². The fourth-order valence-electron chi connectivity index (χ4n) is 5.05. The van der Waals surface area contributed by atoms with E-state index in [9.17, 15) is 14.7 Å². The van der Waals surface area contributed by atoms with E-state index >= 15 is 0 Å². The smallest absolute Gasteiger partial charge is 0.259 e. The lowest BCUT2D eigenvalue weighted by atomic mass is 9.99. The van der Waals surface area contributed by atoms with Crippen LogP contribution >= 0.6 is 0 Å². The molecule has 0 spiro atoms. The predicted octanol–water partition coefficient (Wildman–Crippen LogP) is 3.04. The van der Waals surface area contributed by atoms with Crippen molar-refractivity contribution < 1.29 is 19.4 Å². The standard InChI is InChI=1S/C31H40N4O4/c1-23-20-35(24(2)22-36)31(38)27-18-26(13-12-25-10-6-4-7-11-25)19-32-30(27)39-28(23)21-33(3)29(37)14-17-34-15-8-5-9-16-34/h4,6-7,10-11,18-19,23-24,28,36H,5,8-9,14-17,20-22H2,1-3H3/t23-,24-,28-/m0/s1. The molecule has 0 unspecified atom stereocenters. The van der Waals surface area contributed by atoms with Crippen molar-refractivity contribution in [1.29, 1.82) is 0 Å². The Bertz CT molecular complexity index is 1190. The first-order chi connectivity index (χ1) is 18.9. The van der Waals surface area contributed by atoms with Crippen LogP contribution in [0.3, 0.4) is 0 Å². The summed E-state index contributed by atoms with van der Waals surface area (Å²) in [5, 5.41) is 9.90. The molecule has 1 saturated heterocycles. The second kappa shape index (κ2) is 13.6. The minimum Gasteiger partial charge on any atom is -0.472 e. The summed E-state index contributed by atoms with van der Waals surface area (Å²) in [5.74, 6) is 6.16. The van der Waals surface area contributed by atoms with Crippen LogP contribution in [0.5, 0.6) is 5.88 Å². The molecule has 1 aromatic carbocycles. The van der Waals surface area contributed by atoms with E-state index < -0.39 is 0 Å². The molecular formula is C31H40N4O4. The molecular weight excluding hydrogens is 492 g/mol. The molecule has 1 aromatic heterocycles. The molecule has 3 atom stereocenters. The molecule has 3 heterocycles. The predicted molar refractivity (Wildman–Crippen MR) is 150 cm³/mol. The summed E-state index contributed by atoms with van der Waals surface area (Å²) in [6.07, 6.45) is 5.38. The van der Waals surface area contributed by atoms with E-state index in [-0.39, 0.29) is 42.4 Å². The van der Waals surface area contributed by atoms with Gasteiger partial charge in [-0.05, 0) is 51.1 Å². The number of piperidine rings is 1. The van der Waals surface area contributed by atoms with Gasteiger partial charge in [-0.1, -0.05) is 43.4 Å². The maximum atomic E-state index is 13.6. The summed E-state index contributed by atoms with van der Waals surface area (Å²) in [5.41, 5.74) is 1.77. The highest BCUT2D eigenvalue weighted by molar-refractivity contribution is 5.97. The average molecular weight is 533 g/mol. The molecule has 8 nitrogen and oxygen atoms in total. The van der Waals surface area contributed by atoms with Crippen molar-refractivity contribution in [3.05, 3.63) is 59.3 Å². The first-order valence-corrected chi connectivity index (χ1v) is 14.0. The molecule has 0 bridgehead atoms. The van der Waals surface area contributed by atoms with Crippen LogP contribution in [0.2, 0.25) is 0 Å². The molecule has 4 rings (SSSR count). The Morgan fingerprint density at radius 1 is 1.18 bits per heavy atom. The summed E-state index contributed by atoms with van der Waals surface area (Å²) in [7, 11) is 1.81. The molecule has 208 valence electrons. The number of fused-ring (bicyclic) bond motifs is 1. The van der Waals surface area contributed by atoms with E-state index in [1.807, 2.05) is 51.2 Å². The lowest BCUT2D eigenvalue weighted by Crippen LogP contribution is -2.50. The monoisotopic (exact) mass is 532 g/mol. The number of hydrogen-bond donors (Lipinski definition) is 1. The van der Waals surface area contributed by atoms with Crippen molar-refractivity contribution in [3.63, 3.8) is 0 Å². The second-order valence-electron chi connectivity index (χ2n) is 10.7. The molecule has 0 saturated carbocycles. The number of rotatable bonds is 7. The summed E-state index contributed by atoms with van der Waals surface area (Å²) < 4.78 is 6.34. The zero-order valence-electron chi connectivity index (χ0n) is 23.3. The molecule has 0 aliphatic carbocycles. The summed E-state index contributed by atoms with van der Waals surface area (Å²) in [6.45, 7) is 7.34. The third-order valence-corrected chi connectivity index (χ3v) is 7.62. The first-order valence-electron chi connectivity index (χ1n) is 14.0. The quantitative estimate of drug-likeness (QED) is 0.552. The lowest BCUT2D eigenvalue weighted by Gasteiger charge is -2.37. The zero-order valence-corrected chi connectivity index (χ0v) is 23.3. The zero-order chi connectivity index (χ0) is 27.8. The lowest BCUT2D eigenvalue weighted by molar-refractivity contribution is -0.131. The average Bonchev–Trinajstić information content (AvgIpc) is 2.97. The second-order valence-corrected chi connectivity index (χ2v) is 10.7. The van der Waals surface area contributed by atoms with Crippen LogP contribution in [-0.4, -0.2) is 95.1 Å². The molecule has 2 aliphatic rings. The number of aliphatic hydroxyl groups excluding tert-OH is 1. The molecule has 2 amide bonds. The number of likely N-dealkylation sites (tertiary alicyclic amines) is 1. The van der Waals surface area contributed by atoms with Gasteiger partial charge in [-0.2, -0.15) is 0 Å². The Balaban J connectivity index is 1.54. The van der Waals surface area contributed by atoms with Crippen LogP contribution in [-0.2, 0) is 4.79 Å². The number of aromatic nitrogens is 1. The molecule has 2 aliphatic heterocycles. The fourth-order valence-corrected chi connectivity index (χ4v) is 5.05. The van der Waals surface area contributed by atoms with Gasteiger partial charge in [-0.25, -0.2) is 4.98 Å². The Hall–Kier alpha value is -3.41. The van der Waals surface area contributed by atoms with Gasteiger partial charge in [0.05, 0.1) is 19.2 Å². The van der Waals surface area contributed by atoms with Crippen LogP contribution < -0.4 is 4.74 Å². The fraction of sp³-hybridized carbons (Fsp3) is 0.516. The summed E-state index contributed by atoms with van der Waals surface area (Å²) >= 11 is 0. The van der Waals surface area contributed by atoms with Crippen LogP contribution in [0.15, 0.2) is 42.6 Å². The SMILES string of the molecule is C[C@H]1CN([C@@H](C)CO)C(=O)c2cc(C#Cc3ccccc3)cnc2O[C@H]1CN(C)C(=O)CCN1CCCCC1. The van der Waals surface area contributed by atoms with Gasteiger partial charge in [-0.15, -0.1) is 0 Å². The number of hydrogen-bond acceptors (Lipinski definition) is 6. The Kier molecular flexibility index (Phi) is 9.96. The third-order valence-electron chi connectivity index (χ3n) is 7.62. The van der Waals surface area contributed by atoms with Crippen molar-refractivity contribution in [3.8, 4) is 17.7 Å². The topological polar surface area (TPSA) is 86.2 Å². The first kappa shape index (κ1) is 28.6. The minimum absolute atomic E-state index is 0.0785. The molecule has 2 aromatic rings. The summed E-state index contributed by atoms with van der Waals surface area (Å²) in [4.78, 5) is 36.9. The van der Waals surface area contributed by atoms with Gasteiger partial charge in [0.25, 0.3) is 5.91 Å². The van der Waals surface area contributed by atoms with Crippen molar-refractivity contribution >= 4 is 11.8 Å². The van der Waals surface area contributed by atoms with Crippen molar-refractivity contribution in [2.75, 3.05) is 46.4 Å². The van der Waals surface area contributed by atoms with E-state index in [1.54, 1.807) is 22.1 Å². The highest BCUT2D eigenvalue weighted by Crippen LogP contribution is 2.27. The largest absolute Gasteiger partial charge is 0.472 e. The van der Waals surface area contributed by atoms with E-state index in [0.717, 1.165) is 25.2 Å². The number of carbonyl (C=O) groups is 2. The van der Waals surface area contributed by atoms with Gasteiger partial charge >= 0.3 is 0 Å². The number of pyridine rings is 1. The number of carbonyl (C=O) groups excluding carboxylic acids is 2. The summed E-state index contributed by atoms with van der Waals surface area (Å²) in [6, 6.07) is 10.9. The van der Waals surface area contributed by atoms with Gasteiger partial charge in [0.15, 0.2) is 0 Å². The molecule has 8 heteroatoms. The number of benzene rings is 1. The van der Waals surface area contributed by atoms with Gasteiger partial charge in [0.1, 0.15) is 11.7 Å². The molecule has 1 N–H and O–H groups in total. The maximum Gasteiger partial charge on any atom is 0.259 e. The number of aliphatic hydroxyl groups is 1. The normalized spacial score (nSPS) is 20.5. The van der Waals surface area contributed by atoms with Crippen LogP contribution in [0.25, 0.3) is 0 Å². The highest BCUT2D eigenvalue weighted by atomic mass is 16.5. The van der Waals surface area contributed by atoms with E-state index in [1.165, 1.54) is 19.3 Å². The number of amides is 2. The Labute approximate surface area is 232 Å². The Morgan fingerprint density at radius 2 is 1.90 bits per heavy atom.